The molecule has 6 nitrogen and oxygen atoms in total. The number of β-amino-alcohol motifs (C(OH)–C–C–N with tert-alkyl or cyclic N) is 1. The van der Waals surface area contributed by atoms with Gasteiger partial charge in [0.15, 0.2) is 0 Å². The molecular formula is C19H28N4O2. The van der Waals surface area contributed by atoms with Crippen LogP contribution in [0.2, 0.25) is 0 Å². The summed E-state index contributed by atoms with van der Waals surface area (Å²) in [6.07, 6.45) is -0.445. The average molecular weight is 344 g/mol. The van der Waals surface area contributed by atoms with Gasteiger partial charge in [-0.25, -0.2) is 0 Å². The number of hydrogen-bond acceptors (Lipinski definition) is 6. The van der Waals surface area contributed by atoms with Crippen molar-refractivity contribution in [3.8, 4) is 0 Å². The van der Waals surface area contributed by atoms with Gasteiger partial charge in [0.1, 0.15) is 0 Å². The van der Waals surface area contributed by atoms with E-state index in [-0.39, 0.29) is 5.92 Å². The first-order valence-electron chi connectivity index (χ1n) is 9.04. The van der Waals surface area contributed by atoms with E-state index in [1.807, 2.05) is 30.3 Å². The first kappa shape index (κ1) is 18.0. The van der Waals surface area contributed by atoms with Crippen LogP contribution in [0.3, 0.4) is 0 Å². The molecule has 0 aliphatic carbocycles. The molecular weight excluding hydrogens is 316 g/mol. The van der Waals surface area contributed by atoms with Crippen LogP contribution in [0.1, 0.15) is 50.1 Å². The van der Waals surface area contributed by atoms with Crippen molar-refractivity contribution in [1.82, 2.24) is 20.0 Å². The standard InChI is InChI=1S/C19H28N4O2/c1-14(2)19-21-20-18(25-19)13-22-9-10-23(15(3)11-22)12-17(24)16-7-5-4-6-8-16/h4-8,14-15,17,24H,9-13H2,1-3H3/t15-,17-/m0/s1. The molecule has 3 rings (SSSR count). The van der Waals surface area contributed by atoms with E-state index >= 15 is 0 Å². The van der Waals surface area contributed by atoms with Crippen molar-refractivity contribution in [2.75, 3.05) is 26.2 Å². The van der Waals surface area contributed by atoms with Gasteiger partial charge >= 0.3 is 0 Å². The molecule has 2 aromatic rings. The normalized spacial score (nSPS) is 20.9. The maximum atomic E-state index is 10.5. The Labute approximate surface area is 149 Å². The van der Waals surface area contributed by atoms with Crippen LogP contribution in [-0.4, -0.2) is 57.3 Å². The first-order chi connectivity index (χ1) is 12.0. The molecule has 0 radical (unpaired) electrons. The molecule has 1 aromatic carbocycles. The molecule has 136 valence electrons. The van der Waals surface area contributed by atoms with E-state index in [0.717, 1.165) is 25.2 Å². The van der Waals surface area contributed by atoms with E-state index in [9.17, 15) is 5.11 Å². The highest BCUT2D eigenvalue weighted by Gasteiger charge is 2.26. The maximum Gasteiger partial charge on any atom is 0.230 e. The molecule has 1 aliphatic rings. The van der Waals surface area contributed by atoms with E-state index in [1.165, 1.54) is 0 Å². The second-order valence-electron chi connectivity index (χ2n) is 7.19. The molecule has 0 bridgehead atoms. The molecule has 25 heavy (non-hydrogen) atoms. The fraction of sp³-hybridized carbons (Fsp3) is 0.579. The Hall–Kier alpha value is -1.76. The van der Waals surface area contributed by atoms with Gasteiger partial charge in [-0.2, -0.15) is 0 Å². The van der Waals surface area contributed by atoms with Gasteiger partial charge in [0.2, 0.25) is 11.8 Å². The van der Waals surface area contributed by atoms with Crippen LogP contribution in [0.5, 0.6) is 0 Å². The second kappa shape index (κ2) is 8.08. The summed E-state index contributed by atoms with van der Waals surface area (Å²) in [6, 6.07) is 10.2. The number of nitrogens with zero attached hydrogens (tertiary/aromatic N) is 4. The predicted octanol–water partition coefficient (Wildman–Crippen LogP) is 2.43. The van der Waals surface area contributed by atoms with Crippen LogP contribution < -0.4 is 0 Å². The van der Waals surface area contributed by atoms with Gasteiger partial charge < -0.3 is 9.52 Å². The van der Waals surface area contributed by atoms with Gasteiger partial charge in [0.05, 0.1) is 12.6 Å². The number of aromatic nitrogens is 2. The Morgan fingerprint density at radius 1 is 1.20 bits per heavy atom. The predicted molar refractivity (Wildman–Crippen MR) is 96.1 cm³/mol. The minimum absolute atomic E-state index is 0.261. The van der Waals surface area contributed by atoms with E-state index in [4.69, 9.17) is 4.42 Å². The molecule has 6 heteroatoms. The number of aliphatic hydroxyl groups is 1. The van der Waals surface area contributed by atoms with E-state index < -0.39 is 6.10 Å². The molecule has 2 heterocycles. The quantitative estimate of drug-likeness (QED) is 0.868. The van der Waals surface area contributed by atoms with Gasteiger partial charge in [-0.15, -0.1) is 10.2 Å². The zero-order chi connectivity index (χ0) is 17.8. The van der Waals surface area contributed by atoms with Crippen molar-refractivity contribution in [3.63, 3.8) is 0 Å². The minimum Gasteiger partial charge on any atom is -0.424 e. The summed E-state index contributed by atoms with van der Waals surface area (Å²) >= 11 is 0. The van der Waals surface area contributed by atoms with Crippen LogP contribution in [0.25, 0.3) is 0 Å². The third-order valence-corrected chi connectivity index (χ3v) is 4.78. The van der Waals surface area contributed by atoms with Crippen molar-refractivity contribution in [1.29, 1.82) is 0 Å². The van der Waals surface area contributed by atoms with Crippen LogP contribution in [0.4, 0.5) is 0 Å². The van der Waals surface area contributed by atoms with E-state index in [2.05, 4.69) is 40.8 Å². The molecule has 1 fully saturated rings. The highest BCUT2D eigenvalue weighted by atomic mass is 16.4. The zero-order valence-corrected chi connectivity index (χ0v) is 15.3. The van der Waals surface area contributed by atoms with Crippen molar-refractivity contribution in [3.05, 3.63) is 47.7 Å². The smallest absolute Gasteiger partial charge is 0.230 e. The fourth-order valence-corrected chi connectivity index (χ4v) is 3.24. The Kier molecular flexibility index (Phi) is 5.83. The van der Waals surface area contributed by atoms with Gasteiger partial charge in [-0.3, -0.25) is 9.80 Å². The average Bonchev–Trinajstić information content (AvgIpc) is 3.07. The first-order valence-corrected chi connectivity index (χ1v) is 9.04. The molecule has 2 atom stereocenters. The number of benzene rings is 1. The van der Waals surface area contributed by atoms with Gasteiger partial charge in [0, 0.05) is 38.1 Å². The number of piperazine rings is 1. The Bertz CT molecular complexity index is 658. The van der Waals surface area contributed by atoms with E-state index in [0.29, 0.717) is 30.9 Å². The number of rotatable bonds is 6. The summed E-state index contributed by atoms with van der Waals surface area (Å²) in [6.45, 7) is 10.5. The summed E-state index contributed by atoms with van der Waals surface area (Å²) < 4.78 is 5.71. The molecule has 0 amide bonds. The lowest BCUT2D eigenvalue weighted by Gasteiger charge is -2.40. The molecule has 1 aliphatic heterocycles. The van der Waals surface area contributed by atoms with Crippen LogP contribution >= 0.6 is 0 Å². The third-order valence-electron chi connectivity index (χ3n) is 4.78. The fourth-order valence-electron chi connectivity index (χ4n) is 3.24. The minimum atomic E-state index is -0.445. The van der Waals surface area contributed by atoms with Crippen molar-refractivity contribution in [2.24, 2.45) is 0 Å². The molecule has 1 saturated heterocycles. The van der Waals surface area contributed by atoms with Crippen molar-refractivity contribution < 1.29 is 9.52 Å². The highest BCUT2D eigenvalue weighted by Crippen LogP contribution is 2.19. The molecule has 0 spiro atoms. The molecule has 0 unspecified atom stereocenters. The Morgan fingerprint density at radius 2 is 1.96 bits per heavy atom. The van der Waals surface area contributed by atoms with Crippen LogP contribution in [-0.2, 0) is 6.54 Å². The Balaban J connectivity index is 1.51. The molecule has 0 saturated carbocycles. The monoisotopic (exact) mass is 344 g/mol. The lowest BCUT2D eigenvalue weighted by Crippen LogP contribution is -2.52. The lowest BCUT2D eigenvalue weighted by atomic mass is 10.1. The van der Waals surface area contributed by atoms with Gasteiger partial charge in [-0.05, 0) is 12.5 Å². The summed E-state index contributed by atoms with van der Waals surface area (Å²) in [5, 5.41) is 18.7. The summed E-state index contributed by atoms with van der Waals surface area (Å²) in [7, 11) is 0. The highest BCUT2D eigenvalue weighted by molar-refractivity contribution is 5.17. The third kappa shape index (κ3) is 4.66. The zero-order valence-electron chi connectivity index (χ0n) is 15.3. The largest absolute Gasteiger partial charge is 0.424 e. The summed E-state index contributed by atoms with van der Waals surface area (Å²) in [5.74, 6) is 1.65. The number of aliphatic hydroxyl groups excluding tert-OH is 1. The van der Waals surface area contributed by atoms with E-state index in [1.54, 1.807) is 0 Å². The summed E-state index contributed by atoms with van der Waals surface area (Å²) in [5.41, 5.74) is 0.976. The van der Waals surface area contributed by atoms with Crippen molar-refractivity contribution in [2.45, 2.75) is 45.4 Å². The topological polar surface area (TPSA) is 65.6 Å². The van der Waals surface area contributed by atoms with Crippen LogP contribution in [0.15, 0.2) is 34.7 Å². The van der Waals surface area contributed by atoms with Gasteiger partial charge in [-0.1, -0.05) is 44.2 Å². The van der Waals surface area contributed by atoms with Crippen LogP contribution in [0, 0.1) is 0 Å². The maximum absolute atomic E-state index is 10.5. The SMILES string of the molecule is CC(C)c1nnc(CN2CCN(C[C@H](O)c3ccccc3)[C@@H](C)C2)o1. The number of hydrogen-bond donors (Lipinski definition) is 1. The molecule has 1 aromatic heterocycles. The van der Waals surface area contributed by atoms with Crippen molar-refractivity contribution >= 4 is 0 Å². The summed E-state index contributed by atoms with van der Waals surface area (Å²) in [4.78, 5) is 4.69. The Morgan fingerprint density at radius 3 is 2.60 bits per heavy atom. The molecule has 1 N–H and O–H groups in total. The lowest BCUT2D eigenvalue weighted by molar-refractivity contribution is 0.0333. The second-order valence-corrected chi connectivity index (χ2v) is 7.19. The van der Waals surface area contributed by atoms with Gasteiger partial charge in [0.25, 0.3) is 0 Å².